The van der Waals surface area contributed by atoms with Gasteiger partial charge in [0.05, 0.1) is 27.3 Å². The number of amides is 1. The molecule has 1 saturated heterocycles. The van der Waals surface area contributed by atoms with Crippen LogP contribution in [0.2, 0.25) is 0 Å². The molecule has 7 heteroatoms. The van der Waals surface area contributed by atoms with Crippen LogP contribution in [0, 0.1) is 0 Å². The number of hydrogen-bond donors (Lipinski definition) is 0. The van der Waals surface area contributed by atoms with Crippen molar-refractivity contribution < 1.29 is 4.79 Å². The number of aryl methyl sites for hydroxylation is 1. The molecule has 1 fully saturated rings. The van der Waals surface area contributed by atoms with Crippen molar-refractivity contribution in [2.24, 2.45) is 0 Å². The van der Waals surface area contributed by atoms with Gasteiger partial charge < -0.3 is 4.90 Å². The van der Waals surface area contributed by atoms with Gasteiger partial charge in [0.2, 0.25) is 5.91 Å². The van der Waals surface area contributed by atoms with Gasteiger partial charge in [0.1, 0.15) is 11.6 Å². The second-order valence-electron chi connectivity index (χ2n) is 7.72. The summed E-state index contributed by atoms with van der Waals surface area (Å²) in [5.74, 6) is -0.0138. The summed E-state index contributed by atoms with van der Waals surface area (Å²) in [6, 6.07) is 15.8. The number of benzene rings is 2. The summed E-state index contributed by atoms with van der Waals surface area (Å²) in [6.07, 6.45) is 2.98. The number of carbonyl (C=O) groups is 1. The second-order valence-corrected chi connectivity index (χ2v) is 8.78. The quantitative estimate of drug-likeness (QED) is 0.497. The van der Waals surface area contributed by atoms with Crippen molar-refractivity contribution in [1.29, 1.82) is 0 Å². The first-order valence-corrected chi connectivity index (χ1v) is 11.3. The zero-order chi connectivity index (χ0) is 20.7. The topological polar surface area (TPSA) is 60.1 Å². The molecule has 2 aromatic heterocycles. The monoisotopic (exact) mass is 420 g/mol. The molecule has 0 bridgehead atoms. The average Bonchev–Trinajstić information content (AvgIpc) is 3.33. The normalized spacial score (nSPS) is 17.1. The van der Waals surface area contributed by atoms with Gasteiger partial charge in [-0.15, -0.1) is 11.3 Å². The average molecular weight is 421 g/mol. The summed E-state index contributed by atoms with van der Waals surface area (Å²) in [5.41, 5.74) is 2.55. The smallest absolute Gasteiger partial charge is 0.329 e. The molecule has 3 heterocycles. The summed E-state index contributed by atoms with van der Waals surface area (Å²) in [5, 5.41) is 0.993. The molecule has 1 amide bonds. The number of para-hydroxylation sites is 3. The molecular formula is C23H24N4O2S. The van der Waals surface area contributed by atoms with Gasteiger partial charge in [-0.25, -0.2) is 9.78 Å². The Morgan fingerprint density at radius 1 is 1.07 bits per heavy atom. The number of carbonyl (C=O) groups excluding carboxylic acids is 1. The third-order valence-corrected chi connectivity index (χ3v) is 7.09. The van der Waals surface area contributed by atoms with Crippen molar-refractivity contribution in [3.63, 3.8) is 0 Å². The van der Waals surface area contributed by atoms with Gasteiger partial charge in [-0.2, -0.15) is 0 Å². The first-order valence-electron chi connectivity index (χ1n) is 10.5. The maximum absolute atomic E-state index is 13.4. The van der Waals surface area contributed by atoms with Gasteiger partial charge in [0.15, 0.2) is 0 Å². The van der Waals surface area contributed by atoms with Gasteiger partial charge in [-0.05, 0) is 50.5 Å². The Bertz CT molecular complexity index is 1250. The van der Waals surface area contributed by atoms with Crippen LogP contribution in [0.4, 0.5) is 0 Å². The Hall–Kier alpha value is -2.93. The molecule has 6 nitrogen and oxygen atoms in total. The van der Waals surface area contributed by atoms with Crippen molar-refractivity contribution in [3.05, 3.63) is 64.0 Å². The van der Waals surface area contributed by atoms with Crippen LogP contribution in [0.1, 0.15) is 37.2 Å². The lowest BCUT2D eigenvalue weighted by atomic mass is 10.0. The first kappa shape index (κ1) is 19.1. The number of nitrogens with zero attached hydrogens (tertiary/aromatic N) is 4. The lowest BCUT2D eigenvalue weighted by Crippen LogP contribution is -2.41. The van der Waals surface area contributed by atoms with E-state index in [-0.39, 0.29) is 24.2 Å². The molecule has 0 radical (unpaired) electrons. The number of thiazole rings is 1. The molecule has 2 aromatic carbocycles. The zero-order valence-electron chi connectivity index (χ0n) is 17.0. The van der Waals surface area contributed by atoms with Crippen molar-refractivity contribution in [1.82, 2.24) is 19.0 Å². The van der Waals surface area contributed by atoms with Crippen molar-refractivity contribution in [2.75, 3.05) is 6.54 Å². The van der Waals surface area contributed by atoms with Crippen LogP contribution in [0.5, 0.6) is 0 Å². The van der Waals surface area contributed by atoms with Gasteiger partial charge >= 0.3 is 5.69 Å². The summed E-state index contributed by atoms with van der Waals surface area (Å²) in [4.78, 5) is 33.1. The van der Waals surface area contributed by atoms with Crippen LogP contribution in [0.3, 0.4) is 0 Å². The van der Waals surface area contributed by atoms with E-state index in [0.717, 1.165) is 45.5 Å². The predicted octanol–water partition coefficient (Wildman–Crippen LogP) is 4.19. The molecule has 1 unspecified atom stereocenters. The van der Waals surface area contributed by atoms with Gasteiger partial charge in [0.25, 0.3) is 0 Å². The molecule has 0 N–H and O–H groups in total. The van der Waals surface area contributed by atoms with E-state index in [1.807, 2.05) is 54.3 Å². The largest absolute Gasteiger partial charge is 0.332 e. The highest BCUT2D eigenvalue weighted by atomic mass is 32.1. The Labute approximate surface area is 178 Å². The number of aromatic nitrogens is 3. The minimum atomic E-state index is -0.124. The molecule has 0 saturated carbocycles. The van der Waals surface area contributed by atoms with Crippen LogP contribution in [0.15, 0.2) is 53.3 Å². The van der Waals surface area contributed by atoms with Crippen molar-refractivity contribution in [2.45, 2.75) is 45.3 Å². The molecule has 0 spiro atoms. The Kier molecular flexibility index (Phi) is 4.90. The van der Waals surface area contributed by atoms with E-state index >= 15 is 0 Å². The molecule has 5 rings (SSSR count). The number of likely N-dealkylation sites (tertiary alicyclic amines) is 1. The second kappa shape index (κ2) is 7.72. The fourth-order valence-corrected chi connectivity index (χ4v) is 5.59. The molecule has 30 heavy (non-hydrogen) atoms. The van der Waals surface area contributed by atoms with Gasteiger partial charge in [-0.3, -0.25) is 13.9 Å². The molecule has 1 aliphatic heterocycles. The number of fused-ring (bicyclic) bond motifs is 2. The zero-order valence-corrected chi connectivity index (χ0v) is 17.8. The highest BCUT2D eigenvalue weighted by Gasteiger charge is 2.31. The van der Waals surface area contributed by atoms with Crippen LogP contribution < -0.4 is 5.69 Å². The van der Waals surface area contributed by atoms with E-state index in [1.54, 1.807) is 20.5 Å². The third-order valence-electron chi connectivity index (χ3n) is 5.95. The standard InChI is InChI=1S/C23H24N4O2S/c1-2-25-17-10-4-5-11-18(17)27(23(25)29)15-21(28)26-14-8-7-12-19(26)22-24-16-9-3-6-13-20(16)30-22/h3-6,9-11,13,19H,2,7-8,12,14-15H2,1H3. The van der Waals surface area contributed by atoms with Crippen molar-refractivity contribution >= 4 is 38.5 Å². The molecule has 4 aromatic rings. The van der Waals surface area contributed by atoms with Crippen LogP contribution >= 0.6 is 11.3 Å². The van der Waals surface area contributed by atoms with E-state index in [0.29, 0.717) is 13.1 Å². The SMILES string of the molecule is CCn1c(=O)n(CC(=O)N2CCCCC2c2nc3ccccc3s2)c2ccccc21. The molecular weight excluding hydrogens is 396 g/mol. The van der Waals surface area contributed by atoms with E-state index in [1.165, 1.54) is 0 Å². The Morgan fingerprint density at radius 3 is 2.57 bits per heavy atom. The Morgan fingerprint density at radius 2 is 1.80 bits per heavy atom. The summed E-state index contributed by atoms with van der Waals surface area (Å²) in [7, 11) is 0. The number of imidazole rings is 1. The highest BCUT2D eigenvalue weighted by molar-refractivity contribution is 7.18. The minimum absolute atomic E-state index is 0.0138. The maximum Gasteiger partial charge on any atom is 0.329 e. The summed E-state index contributed by atoms with van der Waals surface area (Å²) >= 11 is 1.67. The molecule has 1 atom stereocenters. The third kappa shape index (κ3) is 3.13. The first-order chi connectivity index (χ1) is 14.7. The van der Waals surface area contributed by atoms with Crippen LogP contribution in [-0.2, 0) is 17.9 Å². The van der Waals surface area contributed by atoms with E-state index in [9.17, 15) is 9.59 Å². The number of piperidine rings is 1. The van der Waals surface area contributed by atoms with Gasteiger partial charge in [-0.1, -0.05) is 24.3 Å². The molecule has 1 aliphatic rings. The predicted molar refractivity (Wildman–Crippen MR) is 120 cm³/mol. The lowest BCUT2D eigenvalue weighted by molar-refractivity contribution is -0.135. The van der Waals surface area contributed by atoms with E-state index in [4.69, 9.17) is 4.98 Å². The maximum atomic E-state index is 13.4. The lowest BCUT2D eigenvalue weighted by Gasteiger charge is -2.34. The summed E-state index contributed by atoms with van der Waals surface area (Å²) < 4.78 is 4.49. The van der Waals surface area contributed by atoms with Crippen LogP contribution in [-0.4, -0.2) is 31.5 Å². The minimum Gasteiger partial charge on any atom is -0.332 e. The summed E-state index contributed by atoms with van der Waals surface area (Å²) in [6.45, 7) is 3.31. The van der Waals surface area contributed by atoms with E-state index in [2.05, 4.69) is 6.07 Å². The van der Waals surface area contributed by atoms with E-state index < -0.39 is 0 Å². The van der Waals surface area contributed by atoms with Crippen molar-refractivity contribution in [3.8, 4) is 0 Å². The molecule has 0 aliphatic carbocycles. The fourth-order valence-electron chi connectivity index (χ4n) is 4.48. The van der Waals surface area contributed by atoms with Gasteiger partial charge in [0, 0.05) is 13.1 Å². The van der Waals surface area contributed by atoms with Crippen LogP contribution in [0.25, 0.3) is 21.3 Å². The highest BCUT2D eigenvalue weighted by Crippen LogP contribution is 2.35. The number of hydrogen-bond acceptors (Lipinski definition) is 4. The number of rotatable bonds is 4. The fraction of sp³-hybridized carbons (Fsp3) is 0.348. The Balaban J connectivity index is 1.48. The molecule has 154 valence electrons.